The molecular weight excluding hydrogens is 325 g/mol. The van der Waals surface area contributed by atoms with Gasteiger partial charge in [0.25, 0.3) is 0 Å². The molecule has 1 aliphatic rings. The van der Waals surface area contributed by atoms with E-state index in [1.165, 1.54) is 6.07 Å². The minimum atomic E-state index is -4.45. The molecule has 1 unspecified atom stereocenters. The van der Waals surface area contributed by atoms with Crippen molar-refractivity contribution >= 4 is 11.8 Å². The van der Waals surface area contributed by atoms with Gasteiger partial charge in [-0.2, -0.15) is 18.4 Å². The number of ether oxygens (including phenoxy) is 1. The van der Waals surface area contributed by atoms with E-state index in [1.807, 2.05) is 20.9 Å². The van der Waals surface area contributed by atoms with Gasteiger partial charge in [0, 0.05) is 10.9 Å². The van der Waals surface area contributed by atoms with Gasteiger partial charge < -0.3 is 9.64 Å². The molecule has 23 heavy (non-hydrogen) atoms. The second-order valence-electron chi connectivity index (χ2n) is 4.97. The monoisotopic (exact) mass is 346 g/mol. The summed E-state index contributed by atoms with van der Waals surface area (Å²) in [5.74, 6) is 0.155. The van der Waals surface area contributed by atoms with Crippen LogP contribution in [0.4, 0.5) is 13.2 Å². The number of thiocyanates is 1. The Morgan fingerprint density at radius 1 is 1.35 bits per heavy atom. The smallest absolute Gasteiger partial charge is 0.416 e. The Bertz CT molecular complexity index is 543. The van der Waals surface area contributed by atoms with Gasteiger partial charge in [-0.05, 0) is 56.4 Å². The molecule has 128 valence electrons. The van der Waals surface area contributed by atoms with Crippen LogP contribution in [0.1, 0.15) is 32.3 Å². The Labute approximate surface area is 139 Å². The number of likely N-dealkylation sites (N-methyl/N-ethyl adjacent to an activating group) is 1. The van der Waals surface area contributed by atoms with Crippen LogP contribution in [-0.2, 0) is 6.18 Å². The Morgan fingerprint density at radius 3 is 2.57 bits per heavy atom. The highest BCUT2D eigenvalue weighted by molar-refractivity contribution is 8.03. The lowest BCUT2D eigenvalue weighted by Gasteiger charge is -2.20. The van der Waals surface area contributed by atoms with Crippen molar-refractivity contribution in [2.45, 2.75) is 43.8 Å². The Hall–Kier alpha value is -1.39. The Balaban J connectivity index is 0.00000127. The number of hydrogen-bond donors (Lipinski definition) is 0. The highest BCUT2D eigenvalue weighted by Gasteiger charge is 2.31. The lowest BCUT2D eigenvalue weighted by Crippen LogP contribution is -2.30. The van der Waals surface area contributed by atoms with Crippen LogP contribution >= 0.6 is 11.8 Å². The molecule has 1 aliphatic heterocycles. The average Bonchev–Trinajstić information content (AvgIpc) is 2.92. The lowest BCUT2D eigenvalue weighted by atomic mass is 10.2. The fraction of sp³-hybridized carbons (Fsp3) is 0.562. The van der Waals surface area contributed by atoms with Gasteiger partial charge in [-0.3, -0.25) is 0 Å². The third-order valence-corrected chi connectivity index (χ3v) is 4.05. The number of benzene rings is 1. The fourth-order valence-corrected chi connectivity index (χ4v) is 2.78. The van der Waals surface area contributed by atoms with Crippen molar-refractivity contribution in [3.8, 4) is 11.2 Å². The minimum absolute atomic E-state index is 0.155. The molecule has 0 radical (unpaired) electrons. The number of halogens is 3. The number of hydrogen-bond acceptors (Lipinski definition) is 4. The van der Waals surface area contributed by atoms with Crippen LogP contribution in [0, 0.1) is 10.7 Å². The molecule has 7 heteroatoms. The summed E-state index contributed by atoms with van der Waals surface area (Å²) in [5.41, 5.74) is -0.794. The van der Waals surface area contributed by atoms with Crippen LogP contribution in [0.5, 0.6) is 5.75 Å². The molecule has 0 aliphatic carbocycles. The molecule has 0 spiro atoms. The number of alkyl halides is 3. The molecule has 0 amide bonds. The zero-order valence-electron chi connectivity index (χ0n) is 13.5. The summed E-state index contributed by atoms with van der Waals surface area (Å²) in [6, 6.07) is 3.64. The molecule has 0 saturated carbocycles. The van der Waals surface area contributed by atoms with Crippen molar-refractivity contribution in [2.75, 3.05) is 20.2 Å². The van der Waals surface area contributed by atoms with E-state index in [4.69, 9.17) is 10.00 Å². The van der Waals surface area contributed by atoms with Crippen LogP contribution < -0.4 is 4.74 Å². The SMILES string of the molecule is CC.CN1CCCC1COc1cc(SC#N)cc(C(F)(F)F)c1. The highest BCUT2D eigenvalue weighted by atomic mass is 32.2. The first-order valence-corrected chi connectivity index (χ1v) is 8.33. The highest BCUT2D eigenvalue weighted by Crippen LogP contribution is 2.35. The maximum Gasteiger partial charge on any atom is 0.416 e. The first kappa shape index (κ1) is 19.7. The lowest BCUT2D eigenvalue weighted by molar-refractivity contribution is -0.137. The number of nitrogens with zero attached hydrogens (tertiary/aromatic N) is 2. The summed E-state index contributed by atoms with van der Waals surface area (Å²) in [6.07, 6.45) is -2.40. The number of thioether (sulfide) groups is 1. The standard InChI is InChI=1S/C14H15F3N2OS.C2H6/c1-19-4-2-3-11(19)8-20-12-5-10(14(15,16)17)6-13(7-12)21-9-18;1-2/h5-7,11H,2-4,8H2,1H3;1-2H3. The van der Waals surface area contributed by atoms with Crippen molar-refractivity contribution < 1.29 is 17.9 Å². The van der Waals surface area contributed by atoms with Crippen molar-refractivity contribution in [1.29, 1.82) is 5.26 Å². The van der Waals surface area contributed by atoms with E-state index >= 15 is 0 Å². The largest absolute Gasteiger partial charge is 0.492 e. The number of nitriles is 1. The third kappa shape index (κ3) is 5.96. The van der Waals surface area contributed by atoms with E-state index in [0.29, 0.717) is 18.4 Å². The predicted octanol–water partition coefficient (Wildman–Crippen LogP) is 4.78. The van der Waals surface area contributed by atoms with Gasteiger partial charge in [0.05, 0.1) is 5.56 Å². The topological polar surface area (TPSA) is 36.3 Å². The van der Waals surface area contributed by atoms with E-state index in [-0.39, 0.29) is 16.7 Å². The summed E-state index contributed by atoms with van der Waals surface area (Å²) in [7, 11) is 1.98. The quantitative estimate of drug-likeness (QED) is 0.581. The van der Waals surface area contributed by atoms with Crippen LogP contribution in [0.3, 0.4) is 0 Å². The molecule has 3 nitrogen and oxygen atoms in total. The van der Waals surface area contributed by atoms with Gasteiger partial charge in [-0.15, -0.1) is 0 Å². The average molecular weight is 346 g/mol. The van der Waals surface area contributed by atoms with E-state index in [9.17, 15) is 13.2 Å². The molecule has 1 saturated heterocycles. The molecule has 0 aromatic heterocycles. The van der Waals surface area contributed by atoms with Crippen molar-refractivity contribution in [1.82, 2.24) is 4.90 Å². The van der Waals surface area contributed by atoms with E-state index in [0.717, 1.165) is 31.5 Å². The third-order valence-electron chi connectivity index (χ3n) is 3.48. The first-order chi connectivity index (χ1) is 10.9. The van der Waals surface area contributed by atoms with Gasteiger partial charge in [0.1, 0.15) is 17.8 Å². The van der Waals surface area contributed by atoms with Crippen LogP contribution in [0.2, 0.25) is 0 Å². The zero-order chi connectivity index (χ0) is 17.5. The fourth-order valence-electron chi connectivity index (χ4n) is 2.31. The molecular formula is C16H21F3N2OS. The second kappa shape index (κ2) is 9.04. The zero-order valence-corrected chi connectivity index (χ0v) is 14.3. The van der Waals surface area contributed by atoms with Gasteiger partial charge in [0.2, 0.25) is 0 Å². The van der Waals surface area contributed by atoms with Gasteiger partial charge in [-0.1, -0.05) is 13.8 Å². The van der Waals surface area contributed by atoms with Crippen LogP contribution in [0.25, 0.3) is 0 Å². The molecule has 1 aromatic carbocycles. The summed E-state index contributed by atoms with van der Waals surface area (Å²) >= 11 is 0.694. The summed E-state index contributed by atoms with van der Waals surface area (Å²) in [4.78, 5) is 2.38. The normalized spacial score (nSPS) is 18.0. The molecule has 0 N–H and O–H groups in total. The Morgan fingerprint density at radius 2 is 2.04 bits per heavy atom. The molecule has 1 fully saturated rings. The maximum atomic E-state index is 12.8. The Kier molecular flexibility index (Phi) is 7.73. The van der Waals surface area contributed by atoms with Crippen molar-refractivity contribution in [3.05, 3.63) is 23.8 Å². The minimum Gasteiger partial charge on any atom is -0.492 e. The van der Waals surface area contributed by atoms with Gasteiger partial charge in [0.15, 0.2) is 0 Å². The van der Waals surface area contributed by atoms with Gasteiger partial charge >= 0.3 is 6.18 Å². The van der Waals surface area contributed by atoms with Crippen molar-refractivity contribution in [2.24, 2.45) is 0 Å². The van der Waals surface area contributed by atoms with E-state index in [2.05, 4.69) is 4.90 Å². The maximum absolute atomic E-state index is 12.8. The molecule has 1 aromatic rings. The van der Waals surface area contributed by atoms with Crippen LogP contribution in [0.15, 0.2) is 23.1 Å². The van der Waals surface area contributed by atoms with Gasteiger partial charge in [-0.25, -0.2) is 0 Å². The summed E-state index contributed by atoms with van der Waals surface area (Å²) in [6.45, 7) is 5.33. The molecule has 1 atom stereocenters. The molecule has 0 bridgehead atoms. The summed E-state index contributed by atoms with van der Waals surface area (Å²) in [5, 5.41) is 10.4. The second-order valence-corrected chi connectivity index (χ2v) is 5.83. The predicted molar refractivity (Wildman–Crippen MR) is 85.4 cm³/mol. The van der Waals surface area contributed by atoms with Crippen LogP contribution in [-0.4, -0.2) is 31.1 Å². The van der Waals surface area contributed by atoms with E-state index < -0.39 is 11.7 Å². The number of rotatable bonds is 4. The molecule has 2 rings (SSSR count). The molecule has 1 heterocycles. The number of likely N-dealkylation sites (tertiary alicyclic amines) is 1. The van der Waals surface area contributed by atoms with Crippen molar-refractivity contribution in [3.63, 3.8) is 0 Å². The first-order valence-electron chi connectivity index (χ1n) is 7.51. The summed E-state index contributed by atoms with van der Waals surface area (Å²) < 4.78 is 44.0. The van der Waals surface area contributed by atoms with E-state index in [1.54, 1.807) is 5.40 Å².